The molecule has 0 aliphatic carbocycles. The molecule has 190 valence electrons. The van der Waals surface area contributed by atoms with Crippen LogP contribution in [0.15, 0.2) is 67.4 Å². The van der Waals surface area contributed by atoms with Gasteiger partial charge in [-0.1, -0.05) is 41.6 Å². The van der Waals surface area contributed by atoms with Crippen LogP contribution in [0.3, 0.4) is 0 Å². The molecule has 3 aromatic rings. The molecule has 2 N–H and O–H groups in total. The number of hydrogen-bond donors (Lipinski definition) is 2. The van der Waals surface area contributed by atoms with Crippen molar-refractivity contribution in [3.63, 3.8) is 0 Å². The van der Waals surface area contributed by atoms with Crippen LogP contribution in [-0.4, -0.2) is 46.1 Å². The minimum atomic E-state index is -4.54. The maximum Gasteiger partial charge on any atom is 0.405 e. The molecule has 0 aliphatic rings. The first-order valence-electron chi connectivity index (χ1n) is 10.9. The zero-order chi connectivity index (χ0) is 26.0. The lowest BCUT2D eigenvalue weighted by Gasteiger charge is -2.13. The van der Waals surface area contributed by atoms with Crippen molar-refractivity contribution in [1.82, 2.24) is 25.8 Å². The van der Waals surface area contributed by atoms with Crippen molar-refractivity contribution >= 4 is 11.8 Å². The number of nitrogens with one attached hydrogen (secondary N) is 2. The van der Waals surface area contributed by atoms with Crippen LogP contribution in [0.1, 0.15) is 39.3 Å². The second kappa shape index (κ2) is 12.5. The third-order valence-corrected chi connectivity index (χ3v) is 4.70. The normalized spacial score (nSPS) is 11.1. The quantitative estimate of drug-likeness (QED) is 0.221. The van der Waals surface area contributed by atoms with E-state index in [9.17, 15) is 22.8 Å². The summed E-state index contributed by atoms with van der Waals surface area (Å²) in [6.07, 6.45) is -0.193. The number of hydroxylamine groups is 1. The van der Waals surface area contributed by atoms with Crippen molar-refractivity contribution in [2.75, 3.05) is 13.2 Å². The molecule has 36 heavy (non-hydrogen) atoms. The van der Waals surface area contributed by atoms with Gasteiger partial charge < -0.3 is 10.1 Å². The Hall–Kier alpha value is -4.19. The SMILES string of the molecule is C=CCCCOc1cc(C(=O)NCC(F)(F)F)ccc1-n1cc(C(=O)NOCc2ccccc2)nn1. The number of carbonyl (C=O) groups excluding carboxylic acids is 2. The number of nitrogens with zero attached hydrogens (tertiary/aromatic N) is 3. The number of ether oxygens (including phenoxy) is 1. The Balaban J connectivity index is 1.72. The molecule has 3 rings (SSSR count). The fraction of sp³-hybridized carbons (Fsp3) is 0.250. The zero-order valence-corrected chi connectivity index (χ0v) is 19.1. The number of alkyl halides is 3. The predicted octanol–water partition coefficient (Wildman–Crippen LogP) is 3.77. The minimum Gasteiger partial charge on any atom is -0.491 e. The molecular weight excluding hydrogens is 479 g/mol. The van der Waals surface area contributed by atoms with Crippen molar-refractivity contribution in [3.8, 4) is 11.4 Å². The number of aromatic nitrogens is 3. The van der Waals surface area contributed by atoms with Gasteiger partial charge in [0, 0.05) is 5.56 Å². The van der Waals surface area contributed by atoms with Crippen molar-refractivity contribution in [2.45, 2.75) is 25.6 Å². The standard InChI is InChI=1S/C24H24F3N5O4/c1-2-3-7-12-35-21-13-18(22(33)28-16-24(25,26)27)10-11-20(21)32-14-19(29-31-32)23(34)30-36-15-17-8-5-4-6-9-17/h2,4-6,8-11,13-14H,1,3,7,12,15-16H2,(H,28,33)(H,30,34). The molecule has 0 aliphatic heterocycles. The second-order valence-electron chi connectivity index (χ2n) is 7.51. The average molecular weight is 503 g/mol. The molecule has 1 heterocycles. The highest BCUT2D eigenvalue weighted by atomic mass is 19.4. The van der Waals surface area contributed by atoms with Crippen LogP contribution in [0.4, 0.5) is 13.2 Å². The Kier molecular flexibility index (Phi) is 9.17. The Morgan fingerprint density at radius 1 is 1.11 bits per heavy atom. The molecule has 0 bridgehead atoms. The lowest BCUT2D eigenvalue weighted by Crippen LogP contribution is -2.33. The number of halogens is 3. The second-order valence-corrected chi connectivity index (χ2v) is 7.51. The molecule has 0 fully saturated rings. The van der Waals surface area contributed by atoms with Gasteiger partial charge in [0.25, 0.3) is 11.8 Å². The maximum absolute atomic E-state index is 12.5. The zero-order valence-electron chi connectivity index (χ0n) is 19.1. The third-order valence-electron chi connectivity index (χ3n) is 4.70. The molecule has 0 atom stereocenters. The molecule has 0 spiro atoms. The van der Waals surface area contributed by atoms with Crippen molar-refractivity contribution in [1.29, 1.82) is 0 Å². The van der Waals surface area contributed by atoms with E-state index in [2.05, 4.69) is 22.4 Å². The monoisotopic (exact) mass is 503 g/mol. The van der Waals surface area contributed by atoms with E-state index in [1.54, 1.807) is 6.08 Å². The van der Waals surface area contributed by atoms with E-state index < -0.39 is 24.5 Å². The fourth-order valence-electron chi connectivity index (χ4n) is 2.95. The number of amides is 2. The Morgan fingerprint density at radius 2 is 1.89 bits per heavy atom. The molecule has 12 heteroatoms. The summed E-state index contributed by atoms with van der Waals surface area (Å²) >= 11 is 0. The van der Waals surface area contributed by atoms with Gasteiger partial charge in [0.15, 0.2) is 5.69 Å². The smallest absolute Gasteiger partial charge is 0.405 e. The summed E-state index contributed by atoms with van der Waals surface area (Å²) in [4.78, 5) is 29.8. The van der Waals surface area contributed by atoms with Crippen LogP contribution in [-0.2, 0) is 11.4 Å². The van der Waals surface area contributed by atoms with Gasteiger partial charge in [-0.3, -0.25) is 14.4 Å². The van der Waals surface area contributed by atoms with Crippen LogP contribution >= 0.6 is 0 Å². The predicted molar refractivity (Wildman–Crippen MR) is 123 cm³/mol. The number of allylic oxidation sites excluding steroid dienone is 1. The third kappa shape index (κ3) is 7.94. The Bertz CT molecular complexity index is 1180. The molecule has 0 saturated carbocycles. The van der Waals surface area contributed by atoms with Gasteiger partial charge in [-0.2, -0.15) is 13.2 Å². The lowest BCUT2D eigenvalue weighted by molar-refractivity contribution is -0.123. The van der Waals surface area contributed by atoms with Crippen molar-refractivity contribution < 1.29 is 32.3 Å². The number of carbonyl (C=O) groups is 2. The van der Waals surface area contributed by atoms with Gasteiger partial charge in [-0.15, -0.1) is 11.7 Å². The van der Waals surface area contributed by atoms with Crippen LogP contribution in [0.2, 0.25) is 0 Å². The summed E-state index contributed by atoms with van der Waals surface area (Å²) in [5.74, 6) is -1.37. The summed E-state index contributed by atoms with van der Waals surface area (Å²) in [5.41, 5.74) is 3.39. The molecule has 0 saturated heterocycles. The fourth-order valence-corrected chi connectivity index (χ4v) is 2.95. The van der Waals surface area contributed by atoms with E-state index in [0.717, 1.165) is 5.56 Å². The first-order valence-corrected chi connectivity index (χ1v) is 10.9. The lowest BCUT2D eigenvalue weighted by atomic mass is 10.1. The highest BCUT2D eigenvalue weighted by Gasteiger charge is 2.28. The molecule has 0 unspecified atom stereocenters. The van der Waals surface area contributed by atoms with Crippen LogP contribution < -0.4 is 15.5 Å². The van der Waals surface area contributed by atoms with Gasteiger partial charge in [0.2, 0.25) is 0 Å². The van der Waals surface area contributed by atoms with E-state index in [4.69, 9.17) is 9.57 Å². The van der Waals surface area contributed by atoms with E-state index in [-0.39, 0.29) is 30.2 Å². The highest BCUT2D eigenvalue weighted by molar-refractivity contribution is 5.95. The largest absolute Gasteiger partial charge is 0.491 e. The van der Waals surface area contributed by atoms with E-state index in [0.29, 0.717) is 18.5 Å². The van der Waals surface area contributed by atoms with E-state index in [1.807, 2.05) is 35.6 Å². The first kappa shape index (κ1) is 26.4. The summed E-state index contributed by atoms with van der Waals surface area (Å²) in [5, 5.41) is 9.58. The minimum absolute atomic E-state index is 0.0332. The van der Waals surface area contributed by atoms with Gasteiger partial charge in [-0.05, 0) is 36.6 Å². The Morgan fingerprint density at radius 3 is 2.61 bits per heavy atom. The molecule has 9 nitrogen and oxygen atoms in total. The van der Waals surface area contributed by atoms with Crippen LogP contribution in [0, 0.1) is 0 Å². The highest BCUT2D eigenvalue weighted by Crippen LogP contribution is 2.25. The van der Waals surface area contributed by atoms with Crippen LogP contribution in [0.5, 0.6) is 5.75 Å². The maximum atomic E-state index is 12.5. The topological polar surface area (TPSA) is 107 Å². The summed E-state index contributed by atoms with van der Waals surface area (Å²) in [7, 11) is 0. The number of benzene rings is 2. The molecular formula is C24H24F3N5O4. The van der Waals surface area contributed by atoms with Crippen LogP contribution in [0.25, 0.3) is 5.69 Å². The van der Waals surface area contributed by atoms with E-state index in [1.165, 1.54) is 29.1 Å². The molecule has 2 aromatic carbocycles. The van der Waals surface area contributed by atoms with Crippen molar-refractivity contribution in [2.24, 2.45) is 0 Å². The van der Waals surface area contributed by atoms with Gasteiger partial charge in [0.1, 0.15) is 18.0 Å². The summed E-state index contributed by atoms with van der Waals surface area (Å²) in [6.45, 7) is 2.58. The number of unbranched alkanes of at least 4 members (excludes halogenated alkanes) is 1. The number of hydrogen-bond acceptors (Lipinski definition) is 6. The molecule has 2 amide bonds. The van der Waals surface area contributed by atoms with Gasteiger partial charge in [-0.25, -0.2) is 10.2 Å². The first-order chi connectivity index (χ1) is 17.3. The average Bonchev–Trinajstić information content (AvgIpc) is 3.35. The van der Waals surface area contributed by atoms with Gasteiger partial charge >= 0.3 is 6.18 Å². The Labute approximate surface area is 204 Å². The van der Waals surface area contributed by atoms with E-state index >= 15 is 0 Å². The molecule has 0 radical (unpaired) electrons. The van der Waals surface area contributed by atoms with Gasteiger partial charge in [0.05, 0.1) is 19.4 Å². The summed E-state index contributed by atoms with van der Waals surface area (Å²) in [6, 6.07) is 13.3. The van der Waals surface area contributed by atoms with Crippen molar-refractivity contribution in [3.05, 3.63) is 84.2 Å². The number of rotatable bonds is 12. The molecule has 1 aromatic heterocycles. The summed E-state index contributed by atoms with van der Waals surface area (Å²) < 4.78 is 44.4.